The quantitative estimate of drug-likeness (QED) is 0.568. The SMILES string of the molecule is C[C@H]1CN(c2cnc3ccc(-c4cccc5nc(N)oc45)cc3n2)CCN1. The molecule has 2 aromatic carbocycles. The van der Waals surface area contributed by atoms with E-state index >= 15 is 0 Å². The van der Waals surface area contributed by atoms with Crippen molar-refractivity contribution in [2.45, 2.75) is 13.0 Å². The van der Waals surface area contributed by atoms with Crippen molar-refractivity contribution in [1.82, 2.24) is 20.3 Å². The van der Waals surface area contributed by atoms with E-state index in [0.717, 1.165) is 53.1 Å². The summed E-state index contributed by atoms with van der Waals surface area (Å²) in [6.07, 6.45) is 1.86. The van der Waals surface area contributed by atoms with Crippen LogP contribution >= 0.6 is 0 Å². The summed E-state index contributed by atoms with van der Waals surface area (Å²) in [5.74, 6) is 0.912. The maximum Gasteiger partial charge on any atom is 0.293 e. The van der Waals surface area contributed by atoms with Gasteiger partial charge in [-0.1, -0.05) is 18.2 Å². The van der Waals surface area contributed by atoms with Crippen LogP contribution in [0.3, 0.4) is 0 Å². The number of nitrogens with one attached hydrogen (secondary N) is 1. The minimum absolute atomic E-state index is 0.174. The Labute approximate surface area is 156 Å². The van der Waals surface area contributed by atoms with Gasteiger partial charge in [0.15, 0.2) is 5.58 Å². The summed E-state index contributed by atoms with van der Waals surface area (Å²) < 4.78 is 5.61. The topological polar surface area (TPSA) is 93.1 Å². The second kappa shape index (κ2) is 6.21. The molecule has 27 heavy (non-hydrogen) atoms. The molecule has 5 rings (SSSR count). The number of para-hydroxylation sites is 1. The second-order valence-electron chi connectivity index (χ2n) is 6.94. The molecule has 1 saturated heterocycles. The van der Waals surface area contributed by atoms with Gasteiger partial charge in [-0.2, -0.15) is 4.98 Å². The first kappa shape index (κ1) is 16.0. The molecule has 0 spiro atoms. The number of hydrogen-bond donors (Lipinski definition) is 2. The lowest BCUT2D eigenvalue weighted by Crippen LogP contribution is -2.49. The number of hydrogen-bond acceptors (Lipinski definition) is 7. The van der Waals surface area contributed by atoms with E-state index in [0.29, 0.717) is 11.6 Å². The molecule has 0 radical (unpaired) electrons. The Balaban J connectivity index is 1.59. The van der Waals surface area contributed by atoms with Gasteiger partial charge in [0.05, 0.1) is 17.2 Å². The lowest BCUT2D eigenvalue weighted by atomic mass is 10.0. The number of anilines is 2. The first-order chi connectivity index (χ1) is 13.2. The fourth-order valence-corrected chi connectivity index (χ4v) is 3.66. The van der Waals surface area contributed by atoms with Crippen molar-refractivity contribution in [3.8, 4) is 11.1 Å². The van der Waals surface area contributed by atoms with Crippen LogP contribution in [0.4, 0.5) is 11.8 Å². The molecule has 0 saturated carbocycles. The first-order valence-corrected chi connectivity index (χ1v) is 9.08. The van der Waals surface area contributed by atoms with Crippen LogP contribution < -0.4 is 16.0 Å². The van der Waals surface area contributed by atoms with E-state index in [4.69, 9.17) is 15.1 Å². The zero-order valence-corrected chi connectivity index (χ0v) is 15.0. The number of piperazine rings is 1. The maximum atomic E-state index is 5.73. The summed E-state index contributed by atoms with van der Waals surface area (Å²) in [6, 6.07) is 12.5. The molecule has 1 fully saturated rings. The first-order valence-electron chi connectivity index (χ1n) is 9.08. The number of benzene rings is 2. The molecular weight excluding hydrogens is 340 g/mol. The summed E-state index contributed by atoms with van der Waals surface area (Å²) in [6.45, 7) is 5.00. The van der Waals surface area contributed by atoms with Crippen molar-refractivity contribution >= 4 is 34.0 Å². The van der Waals surface area contributed by atoms with Crippen molar-refractivity contribution in [3.05, 3.63) is 42.6 Å². The molecule has 7 heteroatoms. The number of fused-ring (bicyclic) bond motifs is 2. The Morgan fingerprint density at radius 2 is 2.07 bits per heavy atom. The van der Waals surface area contributed by atoms with E-state index in [1.807, 2.05) is 42.6 Å². The van der Waals surface area contributed by atoms with Crippen LogP contribution in [0.5, 0.6) is 0 Å². The number of nitrogen functional groups attached to an aromatic ring is 1. The molecule has 1 aliphatic rings. The van der Waals surface area contributed by atoms with E-state index in [9.17, 15) is 0 Å². The van der Waals surface area contributed by atoms with E-state index in [-0.39, 0.29) is 6.01 Å². The molecule has 0 aliphatic carbocycles. The van der Waals surface area contributed by atoms with Gasteiger partial charge in [0.1, 0.15) is 11.3 Å². The average Bonchev–Trinajstić information content (AvgIpc) is 3.07. The molecule has 136 valence electrons. The van der Waals surface area contributed by atoms with Gasteiger partial charge >= 0.3 is 0 Å². The third kappa shape index (κ3) is 2.86. The lowest BCUT2D eigenvalue weighted by molar-refractivity contribution is 0.482. The van der Waals surface area contributed by atoms with Crippen LogP contribution in [0, 0.1) is 0 Å². The fourth-order valence-electron chi connectivity index (χ4n) is 3.66. The van der Waals surface area contributed by atoms with Crippen LogP contribution in [0.1, 0.15) is 6.92 Å². The highest BCUT2D eigenvalue weighted by Crippen LogP contribution is 2.31. The standard InChI is InChI=1S/C20H20N6O/c1-12-11-26(8-7-22-12)18-10-23-15-6-5-13(9-17(15)24-18)14-3-2-4-16-19(14)27-20(21)25-16/h2-6,9-10,12,22H,7-8,11H2,1H3,(H2,21,25)/t12-/m0/s1. The monoisotopic (exact) mass is 360 g/mol. The van der Waals surface area contributed by atoms with Crippen molar-refractivity contribution in [2.24, 2.45) is 0 Å². The molecule has 3 heterocycles. The molecule has 3 N–H and O–H groups in total. The summed E-state index contributed by atoms with van der Waals surface area (Å²) >= 11 is 0. The van der Waals surface area contributed by atoms with Crippen LogP contribution in [0.2, 0.25) is 0 Å². The molecular formula is C20H20N6O. The Kier molecular flexibility index (Phi) is 3.68. The molecule has 4 aromatic rings. The predicted octanol–water partition coefficient (Wildman–Crippen LogP) is 2.82. The van der Waals surface area contributed by atoms with Crippen molar-refractivity contribution in [2.75, 3.05) is 30.3 Å². The molecule has 1 aliphatic heterocycles. The summed E-state index contributed by atoms with van der Waals surface area (Å²) in [5, 5.41) is 3.45. The highest BCUT2D eigenvalue weighted by molar-refractivity contribution is 5.93. The van der Waals surface area contributed by atoms with Gasteiger partial charge in [0.25, 0.3) is 6.01 Å². The largest absolute Gasteiger partial charge is 0.423 e. The summed E-state index contributed by atoms with van der Waals surface area (Å²) in [7, 11) is 0. The lowest BCUT2D eigenvalue weighted by Gasteiger charge is -2.32. The molecule has 0 unspecified atom stereocenters. The third-order valence-electron chi connectivity index (χ3n) is 4.96. The average molecular weight is 360 g/mol. The van der Waals surface area contributed by atoms with Crippen LogP contribution in [-0.2, 0) is 0 Å². The van der Waals surface area contributed by atoms with E-state index in [1.165, 1.54) is 0 Å². The van der Waals surface area contributed by atoms with Gasteiger partial charge in [0, 0.05) is 31.2 Å². The van der Waals surface area contributed by atoms with E-state index in [1.54, 1.807) is 0 Å². The van der Waals surface area contributed by atoms with Crippen molar-refractivity contribution < 1.29 is 4.42 Å². The molecule has 2 aromatic heterocycles. The number of oxazole rings is 1. The highest BCUT2D eigenvalue weighted by Gasteiger charge is 2.18. The van der Waals surface area contributed by atoms with Gasteiger partial charge < -0.3 is 20.4 Å². The predicted molar refractivity (Wildman–Crippen MR) is 107 cm³/mol. The number of rotatable bonds is 2. The van der Waals surface area contributed by atoms with Gasteiger partial charge in [-0.25, -0.2) is 4.98 Å². The summed E-state index contributed by atoms with van der Waals surface area (Å²) in [5.41, 5.74) is 10.9. The number of aromatic nitrogens is 3. The van der Waals surface area contributed by atoms with Gasteiger partial charge in [-0.3, -0.25) is 4.98 Å². The third-order valence-corrected chi connectivity index (χ3v) is 4.96. The smallest absolute Gasteiger partial charge is 0.293 e. The van der Waals surface area contributed by atoms with Crippen LogP contribution in [0.25, 0.3) is 33.3 Å². The Morgan fingerprint density at radius 3 is 2.96 bits per heavy atom. The van der Waals surface area contributed by atoms with Crippen molar-refractivity contribution in [1.29, 1.82) is 0 Å². The highest BCUT2D eigenvalue weighted by atomic mass is 16.4. The zero-order valence-electron chi connectivity index (χ0n) is 15.0. The molecule has 7 nitrogen and oxygen atoms in total. The molecule has 0 amide bonds. The second-order valence-corrected chi connectivity index (χ2v) is 6.94. The van der Waals surface area contributed by atoms with Gasteiger partial charge in [-0.15, -0.1) is 0 Å². The number of nitrogens with zero attached hydrogens (tertiary/aromatic N) is 4. The Bertz CT molecular complexity index is 1140. The molecule has 1 atom stereocenters. The maximum absolute atomic E-state index is 5.73. The van der Waals surface area contributed by atoms with Gasteiger partial charge in [0.2, 0.25) is 0 Å². The molecule has 0 bridgehead atoms. The normalized spacial score (nSPS) is 17.7. The zero-order chi connectivity index (χ0) is 18.4. The van der Waals surface area contributed by atoms with E-state index < -0.39 is 0 Å². The van der Waals surface area contributed by atoms with Crippen LogP contribution in [0.15, 0.2) is 47.0 Å². The number of nitrogens with two attached hydrogens (primary N) is 1. The van der Waals surface area contributed by atoms with Gasteiger partial charge in [-0.05, 0) is 30.7 Å². The van der Waals surface area contributed by atoms with Crippen molar-refractivity contribution in [3.63, 3.8) is 0 Å². The van der Waals surface area contributed by atoms with E-state index in [2.05, 4.69) is 27.1 Å². The Hall–Kier alpha value is -3.19. The Morgan fingerprint density at radius 1 is 1.15 bits per heavy atom. The summed E-state index contributed by atoms with van der Waals surface area (Å²) in [4.78, 5) is 16.0. The minimum Gasteiger partial charge on any atom is -0.423 e. The van der Waals surface area contributed by atoms with Crippen LogP contribution in [-0.4, -0.2) is 40.6 Å². The minimum atomic E-state index is 0.174. The fraction of sp³-hybridized carbons (Fsp3) is 0.250.